The molecule has 0 aliphatic carbocycles. The van der Waals surface area contributed by atoms with E-state index in [1.807, 2.05) is 4.68 Å². The molecule has 0 saturated carbocycles. The van der Waals surface area contributed by atoms with E-state index in [9.17, 15) is 0 Å². The van der Waals surface area contributed by atoms with Gasteiger partial charge in [0.15, 0.2) is 0 Å². The second-order valence-corrected chi connectivity index (χ2v) is 4.26. The molecule has 0 amide bonds. The number of aryl methyl sites for hydroxylation is 2. The third kappa shape index (κ3) is 2.88. The molecule has 0 atom stereocenters. The summed E-state index contributed by atoms with van der Waals surface area (Å²) < 4.78 is 1.96. The van der Waals surface area contributed by atoms with Crippen molar-refractivity contribution in [2.75, 3.05) is 5.32 Å². The molecule has 1 aromatic heterocycles. The largest absolute Gasteiger partial charge is 0.378 e. The van der Waals surface area contributed by atoms with E-state index in [1.165, 1.54) is 11.3 Å². The molecular formula is C14H20N4. The first-order valence-electron chi connectivity index (χ1n) is 6.53. The third-order valence-electron chi connectivity index (χ3n) is 2.97. The number of nitrogens with zero attached hydrogens (tertiary/aromatic N) is 3. The molecule has 0 spiro atoms. The Morgan fingerprint density at radius 3 is 2.83 bits per heavy atom. The summed E-state index contributed by atoms with van der Waals surface area (Å²) in [4.78, 5) is 4.29. The molecule has 2 rings (SSSR count). The van der Waals surface area contributed by atoms with Gasteiger partial charge < -0.3 is 5.32 Å². The molecule has 0 radical (unpaired) electrons. The van der Waals surface area contributed by atoms with Crippen LogP contribution in [0, 0.1) is 0 Å². The summed E-state index contributed by atoms with van der Waals surface area (Å²) in [6, 6.07) is 8.39. The van der Waals surface area contributed by atoms with Crippen molar-refractivity contribution in [1.29, 1.82) is 0 Å². The van der Waals surface area contributed by atoms with Crippen LogP contribution in [0.25, 0.3) is 0 Å². The lowest BCUT2D eigenvalue weighted by Crippen LogP contribution is -2.10. The number of rotatable bonds is 6. The predicted molar refractivity (Wildman–Crippen MR) is 73.5 cm³/mol. The minimum absolute atomic E-state index is 0.719. The van der Waals surface area contributed by atoms with Crippen LogP contribution in [-0.4, -0.2) is 14.8 Å². The van der Waals surface area contributed by atoms with Gasteiger partial charge in [0, 0.05) is 12.2 Å². The van der Waals surface area contributed by atoms with Gasteiger partial charge in [-0.25, -0.2) is 9.67 Å². The van der Waals surface area contributed by atoms with Crippen LogP contribution in [0.1, 0.15) is 31.7 Å². The average molecular weight is 244 g/mol. The van der Waals surface area contributed by atoms with E-state index in [2.05, 4.69) is 53.5 Å². The highest BCUT2D eigenvalue weighted by molar-refractivity contribution is 5.50. The molecular weight excluding hydrogens is 224 g/mol. The SMILES string of the molecule is CCCn1ncnc1CNc1ccccc1CC. The first kappa shape index (κ1) is 12.6. The summed E-state index contributed by atoms with van der Waals surface area (Å²) in [5.41, 5.74) is 2.52. The number of para-hydroxylation sites is 1. The smallest absolute Gasteiger partial charge is 0.146 e. The summed E-state index contributed by atoms with van der Waals surface area (Å²) in [6.45, 7) is 5.95. The van der Waals surface area contributed by atoms with Crippen molar-refractivity contribution < 1.29 is 0 Å². The zero-order valence-corrected chi connectivity index (χ0v) is 11.1. The molecule has 0 bridgehead atoms. The van der Waals surface area contributed by atoms with Gasteiger partial charge in [0.25, 0.3) is 0 Å². The van der Waals surface area contributed by atoms with Crippen molar-refractivity contribution in [2.24, 2.45) is 0 Å². The van der Waals surface area contributed by atoms with Gasteiger partial charge in [0.2, 0.25) is 0 Å². The van der Waals surface area contributed by atoms with E-state index in [0.29, 0.717) is 0 Å². The molecule has 0 fully saturated rings. The molecule has 1 N–H and O–H groups in total. The van der Waals surface area contributed by atoms with Gasteiger partial charge in [-0.3, -0.25) is 0 Å². The molecule has 4 heteroatoms. The Labute approximate surface area is 108 Å². The van der Waals surface area contributed by atoms with Crippen molar-refractivity contribution >= 4 is 5.69 Å². The Bertz CT molecular complexity index is 490. The van der Waals surface area contributed by atoms with E-state index in [4.69, 9.17) is 0 Å². The van der Waals surface area contributed by atoms with Crippen LogP contribution < -0.4 is 5.32 Å². The van der Waals surface area contributed by atoms with E-state index in [0.717, 1.165) is 31.8 Å². The molecule has 1 heterocycles. The van der Waals surface area contributed by atoms with Gasteiger partial charge in [-0.1, -0.05) is 32.0 Å². The Balaban J connectivity index is 2.04. The molecule has 1 aromatic carbocycles. The van der Waals surface area contributed by atoms with Crippen LogP contribution in [0.15, 0.2) is 30.6 Å². The zero-order chi connectivity index (χ0) is 12.8. The molecule has 4 nitrogen and oxygen atoms in total. The first-order valence-corrected chi connectivity index (χ1v) is 6.53. The molecule has 0 unspecified atom stereocenters. The molecule has 96 valence electrons. The maximum atomic E-state index is 4.29. The van der Waals surface area contributed by atoms with Crippen molar-refractivity contribution in [3.05, 3.63) is 42.0 Å². The number of hydrogen-bond donors (Lipinski definition) is 1. The van der Waals surface area contributed by atoms with Crippen molar-refractivity contribution in [1.82, 2.24) is 14.8 Å². The maximum absolute atomic E-state index is 4.29. The standard InChI is InChI=1S/C14H20N4/c1-3-9-18-14(16-11-17-18)10-15-13-8-6-5-7-12(13)4-2/h5-8,11,15H,3-4,9-10H2,1-2H3. The first-order chi connectivity index (χ1) is 8.85. The highest BCUT2D eigenvalue weighted by Gasteiger charge is 2.04. The monoisotopic (exact) mass is 244 g/mol. The van der Waals surface area contributed by atoms with Crippen LogP contribution in [0.4, 0.5) is 5.69 Å². The fourth-order valence-electron chi connectivity index (χ4n) is 2.00. The third-order valence-corrected chi connectivity index (χ3v) is 2.97. The van der Waals surface area contributed by atoms with Gasteiger partial charge in [-0.2, -0.15) is 5.10 Å². The van der Waals surface area contributed by atoms with Crippen molar-refractivity contribution in [3.63, 3.8) is 0 Å². The summed E-state index contributed by atoms with van der Waals surface area (Å²) in [5.74, 6) is 0.989. The predicted octanol–water partition coefficient (Wildman–Crippen LogP) is 2.86. The second kappa shape index (κ2) is 6.19. The average Bonchev–Trinajstić information content (AvgIpc) is 2.84. The zero-order valence-electron chi connectivity index (χ0n) is 11.1. The van der Waals surface area contributed by atoms with Crippen molar-refractivity contribution in [3.8, 4) is 0 Å². The maximum Gasteiger partial charge on any atom is 0.146 e. The Kier molecular flexibility index (Phi) is 4.34. The Morgan fingerprint density at radius 2 is 2.06 bits per heavy atom. The Hall–Kier alpha value is -1.84. The van der Waals surface area contributed by atoms with Crippen LogP contribution in [0.5, 0.6) is 0 Å². The van der Waals surface area contributed by atoms with Gasteiger partial charge in [-0.15, -0.1) is 0 Å². The van der Waals surface area contributed by atoms with E-state index in [1.54, 1.807) is 6.33 Å². The molecule has 2 aromatic rings. The lowest BCUT2D eigenvalue weighted by molar-refractivity contribution is 0.574. The number of aromatic nitrogens is 3. The summed E-state index contributed by atoms with van der Waals surface area (Å²) >= 11 is 0. The summed E-state index contributed by atoms with van der Waals surface area (Å²) in [5, 5.41) is 7.67. The summed E-state index contributed by atoms with van der Waals surface area (Å²) in [6.07, 6.45) is 3.73. The lowest BCUT2D eigenvalue weighted by atomic mass is 10.1. The summed E-state index contributed by atoms with van der Waals surface area (Å²) in [7, 11) is 0. The minimum atomic E-state index is 0.719. The second-order valence-electron chi connectivity index (χ2n) is 4.26. The molecule has 18 heavy (non-hydrogen) atoms. The van der Waals surface area contributed by atoms with Crippen LogP contribution >= 0.6 is 0 Å². The minimum Gasteiger partial charge on any atom is -0.378 e. The van der Waals surface area contributed by atoms with Gasteiger partial charge in [-0.05, 0) is 24.5 Å². The fraction of sp³-hybridized carbons (Fsp3) is 0.429. The van der Waals surface area contributed by atoms with Gasteiger partial charge in [0.05, 0.1) is 6.54 Å². The van der Waals surface area contributed by atoms with E-state index >= 15 is 0 Å². The topological polar surface area (TPSA) is 42.7 Å². The van der Waals surface area contributed by atoms with Gasteiger partial charge in [0.1, 0.15) is 12.2 Å². The highest BCUT2D eigenvalue weighted by atomic mass is 15.3. The molecule has 0 saturated heterocycles. The van der Waals surface area contributed by atoms with Crippen LogP contribution in [-0.2, 0) is 19.5 Å². The van der Waals surface area contributed by atoms with E-state index in [-0.39, 0.29) is 0 Å². The lowest BCUT2D eigenvalue weighted by Gasteiger charge is -2.11. The number of benzene rings is 1. The molecule has 0 aliphatic rings. The van der Waals surface area contributed by atoms with E-state index < -0.39 is 0 Å². The molecule has 0 aliphatic heterocycles. The van der Waals surface area contributed by atoms with Crippen LogP contribution in [0.2, 0.25) is 0 Å². The quantitative estimate of drug-likeness (QED) is 0.849. The number of hydrogen-bond acceptors (Lipinski definition) is 3. The number of nitrogens with one attached hydrogen (secondary N) is 1. The van der Waals surface area contributed by atoms with Crippen molar-refractivity contribution in [2.45, 2.75) is 39.8 Å². The fourth-order valence-corrected chi connectivity index (χ4v) is 2.00. The normalized spacial score (nSPS) is 10.6. The highest BCUT2D eigenvalue weighted by Crippen LogP contribution is 2.16. The van der Waals surface area contributed by atoms with Crippen LogP contribution in [0.3, 0.4) is 0 Å². The number of anilines is 1. The van der Waals surface area contributed by atoms with Gasteiger partial charge >= 0.3 is 0 Å². The Morgan fingerprint density at radius 1 is 1.22 bits per heavy atom.